The van der Waals surface area contributed by atoms with E-state index in [9.17, 15) is 16.8 Å². The van der Waals surface area contributed by atoms with Crippen LogP contribution in [0.2, 0.25) is 0 Å². The van der Waals surface area contributed by atoms with Gasteiger partial charge in [-0.25, -0.2) is 21.6 Å². The first kappa shape index (κ1) is 15.7. The molecule has 20 heavy (non-hydrogen) atoms. The van der Waals surface area contributed by atoms with Gasteiger partial charge in [-0.2, -0.15) is 0 Å². The Hall–Kier alpha value is -0.640. The molecule has 1 unspecified atom stereocenters. The highest BCUT2D eigenvalue weighted by molar-refractivity contribution is 9.10. The van der Waals surface area contributed by atoms with Gasteiger partial charge in [-0.05, 0) is 31.0 Å². The molecule has 0 spiro atoms. The molecule has 3 N–H and O–H groups in total. The Bertz CT molecular complexity index is 716. The maximum atomic E-state index is 12.2. The Morgan fingerprint density at radius 3 is 2.70 bits per heavy atom. The fourth-order valence-corrected chi connectivity index (χ4v) is 5.73. The van der Waals surface area contributed by atoms with E-state index in [2.05, 4.69) is 20.7 Å². The van der Waals surface area contributed by atoms with Gasteiger partial charge in [0.05, 0.1) is 16.7 Å². The second kappa shape index (κ2) is 5.63. The van der Waals surface area contributed by atoms with Crippen molar-refractivity contribution in [1.29, 1.82) is 0 Å². The third kappa shape index (κ3) is 3.33. The fourth-order valence-electron chi connectivity index (χ4n) is 2.11. The molecule has 1 aliphatic rings. The van der Waals surface area contributed by atoms with E-state index in [0.29, 0.717) is 17.3 Å². The number of halogens is 1. The van der Waals surface area contributed by atoms with E-state index in [1.807, 2.05) is 0 Å². The van der Waals surface area contributed by atoms with Crippen molar-refractivity contribution in [3.8, 4) is 0 Å². The molecule has 1 saturated heterocycles. The molecule has 1 heterocycles. The second-order valence-corrected chi connectivity index (χ2v) is 9.72. The first-order chi connectivity index (χ1) is 9.22. The zero-order chi connectivity index (χ0) is 15.0. The molecule has 0 bridgehead atoms. The summed E-state index contributed by atoms with van der Waals surface area (Å²) >= 11 is 3.18. The Morgan fingerprint density at radius 1 is 1.40 bits per heavy atom. The van der Waals surface area contributed by atoms with Crippen LogP contribution < -0.4 is 10.5 Å². The van der Waals surface area contributed by atoms with Crippen molar-refractivity contribution in [2.24, 2.45) is 0 Å². The zero-order valence-electron chi connectivity index (χ0n) is 10.5. The monoisotopic (exact) mass is 382 g/mol. The maximum absolute atomic E-state index is 12.2. The predicted octanol–water partition coefficient (Wildman–Crippen LogP) is 0.887. The molecule has 0 amide bonds. The minimum atomic E-state index is -3.82. The number of hydrogen-bond acceptors (Lipinski definition) is 5. The van der Waals surface area contributed by atoms with Crippen LogP contribution in [0.25, 0.3) is 0 Å². The predicted molar refractivity (Wildman–Crippen MR) is 80.6 cm³/mol. The van der Waals surface area contributed by atoms with Crippen LogP contribution in [0.5, 0.6) is 0 Å². The van der Waals surface area contributed by atoms with Gasteiger partial charge in [0.2, 0.25) is 10.0 Å². The Labute approximate surface area is 126 Å². The van der Waals surface area contributed by atoms with E-state index in [1.165, 1.54) is 12.1 Å². The minimum Gasteiger partial charge on any atom is -0.398 e. The van der Waals surface area contributed by atoms with Gasteiger partial charge in [0.25, 0.3) is 0 Å². The highest BCUT2D eigenvalue weighted by Crippen LogP contribution is 2.24. The van der Waals surface area contributed by atoms with Crippen molar-refractivity contribution in [3.63, 3.8) is 0 Å². The number of hydrogen-bond donors (Lipinski definition) is 2. The highest BCUT2D eigenvalue weighted by atomic mass is 79.9. The fraction of sp³-hybridized carbons (Fsp3) is 0.455. The van der Waals surface area contributed by atoms with Crippen LogP contribution in [0.4, 0.5) is 5.69 Å². The van der Waals surface area contributed by atoms with Crippen molar-refractivity contribution in [2.45, 2.75) is 23.0 Å². The number of sulfonamides is 1. The quantitative estimate of drug-likeness (QED) is 0.751. The topological polar surface area (TPSA) is 106 Å². The lowest BCUT2D eigenvalue weighted by Gasteiger charge is -2.12. The molecule has 0 aliphatic carbocycles. The molecule has 1 aromatic carbocycles. The average Bonchev–Trinajstić information content (AvgIpc) is 2.69. The number of nitrogen functional groups attached to an aromatic ring is 1. The molecule has 9 heteroatoms. The van der Waals surface area contributed by atoms with Crippen molar-refractivity contribution in [3.05, 3.63) is 22.7 Å². The van der Waals surface area contributed by atoms with Gasteiger partial charge < -0.3 is 5.73 Å². The van der Waals surface area contributed by atoms with E-state index < -0.39 is 25.1 Å². The summed E-state index contributed by atoms with van der Waals surface area (Å²) in [6, 6.07) is 4.50. The summed E-state index contributed by atoms with van der Waals surface area (Å²) < 4.78 is 50.6. The molecular weight excluding hydrogens is 368 g/mol. The Morgan fingerprint density at radius 2 is 2.10 bits per heavy atom. The van der Waals surface area contributed by atoms with Crippen LogP contribution in [0.3, 0.4) is 0 Å². The third-order valence-electron chi connectivity index (χ3n) is 3.23. The Kier molecular flexibility index (Phi) is 4.43. The summed E-state index contributed by atoms with van der Waals surface area (Å²) in [4.78, 5) is -0.0535. The summed E-state index contributed by atoms with van der Waals surface area (Å²) in [6.07, 6.45) is 1.06. The number of sulfone groups is 1. The van der Waals surface area contributed by atoms with Gasteiger partial charge in [-0.15, -0.1) is 0 Å². The first-order valence-corrected chi connectivity index (χ1v) is 9.98. The van der Waals surface area contributed by atoms with Crippen molar-refractivity contribution in [1.82, 2.24) is 4.72 Å². The summed E-state index contributed by atoms with van der Waals surface area (Å²) in [5, 5.41) is -0.648. The lowest BCUT2D eigenvalue weighted by Crippen LogP contribution is -2.34. The molecule has 0 aromatic heterocycles. The standard InChI is InChI=1S/C11H15BrN2O4S2/c12-8-3-4-10(13)11(6-8)20(17,18)14-7-9-2-1-5-19(9,15)16/h3-4,6,9,14H,1-2,5,7,13H2. The molecule has 1 aliphatic heterocycles. The number of rotatable bonds is 4. The number of nitrogens with two attached hydrogens (primary N) is 1. The molecule has 112 valence electrons. The molecular formula is C11H15BrN2O4S2. The molecule has 0 radical (unpaired) electrons. The second-order valence-electron chi connectivity index (χ2n) is 4.67. The SMILES string of the molecule is Nc1ccc(Br)cc1S(=O)(=O)NCC1CCCS1(=O)=O. The molecule has 0 saturated carbocycles. The molecule has 1 fully saturated rings. The van der Waals surface area contributed by atoms with E-state index in [4.69, 9.17) is 5.73 Å². The summed E-state index contributed by atoms with van der Waals surface area (Å²) in [7, 11) is -7.00. The van der Waals surface area contributed by atoms with E-state index >= 15 is 0 Å². The molecule has 2 rings (SSSR count). The molecule has 1 atom stereocenters. The van der Waals surface area contributed by atoms with Gasteiger partial charge in [0, 0.05) is 11.0 Å². The summed E-state index contributed by atoms with van der Waals surface area (Å²) in [5.41, 5.74) is 5.77. The highest BCUT2D eigenvalue weighted by Gasteiger charge is 2.32. The van der Waals surface area contributed by atoms with Crippen LogP contribution in [-0.2, 0) is 19.9 Å². The van der Waals surface area contributed by atoms with Gasteiger partial charge in [-0.3, -0.25) is 0 Å². The van der Waals surface area contributed by atoms with Gasteiger partial charge >= 0.3 is 0 Å². The third-order valence-corrected chi connectivity index (χ3v) is 7.48. The Balaban J connectivity index is 2.18. The van der Waals surface area contributed by atoms with E-state index in [0.717, 1.165) is 0 Å². The lowest BCUT2D eigenvalue weighted by molar-refractivity contribution is 0.571. The van der Waals surface area contributed by atoms with Gasteiger partial charge in [0.15, 0.2) is 9.84 Å². The largest absolute Gasteiger partial charge is 0.398 e. The minimum absolute atomic E-state index is 0.0535. The zero-order valence-corrected chi connectivity index (χ0v) is 13.8. The summed E-state index contributed by atoms with van der Waals surface area (Å²) in [5.74, 6) is 0.123. The van der Waals surface area contributed by atoms with Crippen LogP contribution >= 0.6 is 15.9 Å². The van der Waals surface area contributed by atoms with E-state index in [1.54, 1.807) is 6.07 Å². The average molecular weight is 383 g/mol. The number of anilines is 1. The van der Waals surface area contributed by atoms with Gasteiger partial charge in [-0.1, -0.05) is 15.9 Å². The van der Waals surface area contributed by atoms with Crippen LogP contribution in [0.15, 0.2) is 27.6 Å². The van der Waals surface area contributed by atoms with Crippen molar-refractivity contribution < 1.29 is 16.8 Å². The van der Waals surface area contributed by atoms with Gasteiger partial charge in [0.1, 0.15) is 4.90 Å². The molecule has 6 nitrogen and oxygen atoms in total. The maximum Gasteiger partial charge on any atom is 0.242 e. The van der Waals surface area contributed by atoms with Crippen LogP contribution in [-0.4, -0.2) is 34.4 Å². The number of nitrogens with one attached hydrogen (secondary N) is 1. The first-order valence-electron chi connectivity index (χ1n) is 5.99. The van der Waals surface area contributed by atoms with Crippen LogP contribution in [0, 0.1) is 0 Å². The van der Waals surface area contributed by atoms with Crippen molar-refractivity contribution in [2.75, 3.05) is 18.0 Å². The van der Waals surface area contributed by atoms with Crippen molar-refractivity contribution >= 4 is 41.5 Å². The van der Waals surface area contributed by atoms with Crippen LogP contribution in [0.1, 0.15) is 12.8 Å². The summed E-state index contributed by atoms with van der Waals surface area (Å²) in [6.45, 7) is -0.114. The normalized spacial score (nSPS) is 21.9. The number of benzene rings is 1. The smallest absolute Gasteiger partial charge is 0.242 e. The van der Waals surface area contributed by atoms with E-state index in [-0.39, 0.29) is 22.9 Å². The lowest BCUT2D eigenvalue weighted by atomic mass is 10.2. The molecule has 1 aromatic rings.